The van der Waals surface area contributed by atoms with Gasteiger partial charge in [-0.25, -0.2) is 0 Å². The molecule has 0 radical (unpaired) electrons. The minimum atomic E-state index is -0.000420. The Morgan fingerprint density at radius 2 is 1.18 bits per heavy atom. The second kappa shape index (κ2) is 6.00. The molecule has 17 heavy (non-hydrogen) atoms. The van der Waals surface area contributed by atoms with Gasteiger partial charge in [0, 0.05) is 12.8 Å². The van der Waals surface area contributed by atoms with E-state index in [2.05, 4.69) is 0 Å². The zero-order chi connectivity index (χ0) is 12.1. The highest BCUT2D eigenvalue weighted by Crippen LogP contribution is 2.16. The van der Waals surface area contributed by atoms with Crippen LogP contribution in [-0.2, 0) is 14.5 Å². The van der Waals surface area contributed by atoms with E-state index in [-0.39, 0.29) is 11.8 Å². The molecule has 2 rings (SSSR count). The largest absolute Gasteiger partial charge is 0.273 e. The molecule has 0 unspecified atom stereocenters. The average Bonchev–Trinajstić information content (AvgIpc) is 2.63. The van der Waals surface area contributed by atoms with Gasteiger partial charge < -0.3 is 0 Å². The number of carbonyl (C=O) groups excluding carboxylic acids is 2. The van der Waals surface area contributed by atoms with Crippen molar-refractivity contribution in [2.24, 2.45) is 0 Å². The highest BCUT2D eigenvalue weighted by atomic mass is 16.8. The highest BCUT2D eigenvalue weighted by molar-refractivity contribution is 5.77. The zero-order valence-electron chi connectivity index (χ0n) is 10.2. The minimum absolute atomic E-state index is 0.000420. The van der Waals surface area contributed by atoms with Crippen molar-refractivity contribution in [2.45, 2.75) is 51.4 Å². The molecule has 2 heterocycles. The summed E-state index contributed by atoms with van der Waals surface area (Å²) in [5, 5.41) is 2.74. The number of rotatable bonds is 2. The summed E-state index contributed by atoms with van der Waals surface area (Å²) in [5.74, 6) is -0.000839. The number of amides is 2. The molecule has 2 aliphatic rings. The van der Waals surface area contributed by atoms with Gasteiger partial charge in [-0.2, -0.15) is 10.1 Å². The lowest BCUT2D eigenvalue weighted by Gasteiger charge is -2.26. The van der Waals surface area contributed by atoms with Gasteiger partial charge in [0.1, 0.15) is 0 Å². The molecule has 5 heteroatoms. The molecule has 0 aromatic rings. The smallest absolute Gasteiger partial charge is 0.248 e. The predicted octanol–water partition coefficient (Wildman–Crippen LogP) is 1.64. The van der Waals surface area contributed by atoms with Crippen LogP contribution in [0.25, 0.3) is 0 Å². The normalized spacial score (nSPS) is 23.5. The van der Waals surface area contributed by atoms with Gasteiger partial charge in [0.05, 0.1) is 13.1 Å². The molecule has 2 fully saturated rings. The first-order chi connectivity index (χ1) is 8.27. The van der Waals surface area contributed by atoms with E-state index >= 15 is 0 Å². The van der Waals surface area contributed by atoms with Crippen LogP contribution in [0.3, 0.4) is 0 Å². The summed E-state index contributed by atoms with van der Waals surface area (Å²) < 4.78 is 0. The quantitative estimate of drug-likeness (QED) is 0.737. The summed E-state index contributed by atoms with van der Waals surface area (Å²) in [5.41, 5.74) is 0. The molecule has 96 valence electrons. The lowest BCUT2D eigenvalue weighted by molar-refractivity contribution is -0.295. The SMILES string of the molecule is O=C1CCCCCN1ON1CCCCCC1=O. The van der Waals surface area contributed by atoms with Crippen LogP contribution in [-0.4, -0.2) is 35.0 Å². The molecule has 0 saturated carbocycles. The van der Waals surface area contributed by atoms with Crippen LogP contribution >= 0.6 is 0 Å². The molecule has 5 nitrogen and oxygen atoms in total. The third kappa shape index (κ3) is 3.43. The molecule has 2 aliphatic heterocycles. The lowest BCUT2D eigenvalue weighted by atomic mass is 10.2. The van der Waals surface area contributed by atoms with Gasteiger partial charge in [-0.15, -0.1) is 4.94 Å². The minimum Gasteiger partial charge on any atom is -0.273 e. The van der Waals surface area contributed by atoms with E-state index in [1.54, 1.807) is 0 Å². The van der Waals surface area contributed by atoms with Gasteiger partial charge in [0.15, 0.2) is 0 Å². The Balaban J connectivity index is 1.92. The maximum atomic E-state index is 11.7. The van der Waals surface area contributed by atoms with Gasteiger partial charge >= 0.3 is 0 Å². The van der Waals surface area contributed by atoms with Gasteiger partial charge in [-0.3, -0.25) is 9.59 Å². The van der Waals surface area contributed by atoms with Crippen molar-refractivity contribution in [3.8, 4) is 0 Å². The number of carbonyl (C=O) groups is 2. The van der Waals surface area contributed by atoms with E-state index in [0.717, 1.165) is 38.5 Å². The summed E-state index contributed by atoms with van der Waals surface area (Å²) >= 11 is 0. The number of hydrogen-bond acceptors (Lipinski definition) is 3. The second-order valence-corrected chi connectivity index (χ2v) is 4.69. The standard InChI is InChI=1S/C12H20N2O3/c15-11-7-3-1-5-9-13(11)17-14-10-6-2-4-8-12(14)16/h1-10H2. The van der Waals surface area contributed by atoms with Gasteiger partial charge in [0.25, 0.3) is 0 Å². The Labute approximate surface area is 102 Å². The summed E-state index contributed by atoms with van der Waals surface area (Å²) in [6.45, 7) is 1.20. The molecule has 0 bridgehead atoms. The fourth-order valence-electron chi connectivity index (χ4n) is 2.21. The van der Waals surface area contributed by atoms with Crippen LogP contribution < -0.4 is 0 Å². The first kappa shape index (κ1) is 12.4. The van der Waals surface area contributed by atoms with Crippen LogP contribution in [0, 0.1) is 0 Å². The molecule has 0 spiro atoms. The van der Waals surface area contributed by atoms with Crippen LogP contribution in [0.2, 0.25) is 0 Å². The van der Waals surface area contributed by atoms with Crippen molar-refractivity contribution in [1.82, 2.24) is 10.1 Å². The summed E-state index contributed by atoms with van der Waals surface area (Å²) in [6.07, 6.45) is 6.92. The molecule has 0 N–H and O–H groups in total. The van der Waals surface area contributed by atoms with E-state index in [9.17, 15) is 9.59 Å². The van der Waals surface area contributed by atoms with Crippen molar-refractivity contribution in [3.63, 3.8) is 0 Å². The molecule has 0 aliphatic carbocycles. The zero-order valence-corrected chi connectivity index (χ0v) is 10.2. The molecule has 2 amide bonds. The topological polar surface area (TPSA) is 49.9 Å². The fourth-order valence-corrected chi connectivity index (χ4v) is 2.21. The summed E-state index contributed by atoms with van der Waals surface area (Å²) in [7, 11) is 0. The molecule has 0 aromatic heterocycles. The molecule has 2 saturated heterocycles. The molecular formula is C12H20N2O3. The van der Waals surface area contributed by atoms with Crippen molar-refractivity contribution in [2.75, 3.05) is 13.1 Å². The first-order valence-corrected chi connectivity index (χ1v) is 6.56. The van der Waals surface area contributed by atoms with Crippen molar-refractivity contribution >= 4 is 11.8 Å². The number of hydroxylamine groups is 4. The third-order valence-corrected chi connectivity index (χ3v) is 3.26. The Kier molecular flexibility index (Phi) is 4.36. The van der Waals surface area contributed by atoms with Crippen LogP contribution in [0.15, 0.2) is 0 Å². The van der Waals surface area contributed by atoms with E-state index in [4.69, 9.17) is 4.94 Å². The highest BCUT2D eigenvalue weighted by Gasteiger charge is 2.24. The second-order valence-electron chi connectivity index (χ2n) is 4.69. The maximum absolute atomic E-state index is 11.7. The Hall–Kier alpha value is -1.10. The van der Waals surface area contributed by atoms with Crippen LogP contribution in [0.4, 0.5) is 0 Å². The number of nitrogens with zero attached hydrogens (tertiary/aromatic N) is 2. The van der Waals surface area contributed by atoms with Crippen LogP contribution in [0.1, 0.15) is 51.4 Å². The van der Waals surface area contributed by atoms with Gasteiger partial charge in [0.2, 0.25) is 11.8 Å². The van der Waals surface area contributed by atoms with Crippen molar-refractivity contribution in [3.05, 3.63) is 0 Å². The van der Waals surface area contributed by atoms with Crippen molar-refractivity contribution < 1.29 is 14.5 Å². The van der Waals surface area contributed by atoms with E-state index in [1.165, 1.54) is 10.1 Å². The van der Waals surface area contributed by atoms with Crippen LogP contribution in [0.5, 0.6) is 0 Å². The van der Waals surface area contributed by atoms with Gasteiger partial charge in [-0.05, 0) is 25.7 Å². The Morgan fingerprint density at radius 3 is 1.65 bits per heavy atom. The average molecular weight is 240 g/mol. The summed E-state index contributed by atoms with van der Waals surface area (Å²) in [6, 6.07) is 0. The van der Waals surface area contributed by atoms with E-state index < -0.39 is 0 Å². The monoisotopic (exact) mass is 240 g/mol. The van der Waals surface area contributed by atoms with Gasteiger partial charge in [-0.1, -0.05) is 12.8 Å². The molecular weight excluding hydrogens is 220 g/mol. The maximum Gasteiger partial charge on any atom is 0.248 e. The Morgan fingerprint density at radius 1 is 0.706 bits per heavy atom. The Bertz CT molecular complexity index is 265. The predicted molar refractivity (Wildman–Crippen MR) is 61.4 cm³/mol. The van der Waals surface area contributed by atoms with E-state index in [1.807, 2.05) is 0 Å². The molecule has 0 atom stereocenters. The molecule has 0 aromatic carbocycles. The number of hydrogen-bond donors (Lipinski definition) is 0. The lowest BCUT2D eigenvalue weighted by Crippen LogP contribution is -2.41. The van der Waals surface area contributed by atoms with E-state index in [0.29, 0.717) is 25.9 Å². The van der Waals surface area contributed by atoms with Crippen molar-refractivity contribution in [1.29, 1.82) is 0 Å². The fraction of sp³-hybridized carbons (Fsp3) is 0.833. The first-order valence-electron chi connectivity index (χ1n) is 6.56. The summed E-state index contributed by atoms with van der Waals surface area (Å²) in [4.78, 5) is 29.0. The third-order valence-electron chi connectivity index (χ3n) is 3.26.